The van der Waals surface area contributed by atoms with Gasteiger partial charge in [-0.05, 0) is 6.07 Å². The lowest BCUT2D eigenvalue weighted by molar-refractivity contribution is -0.384. The summed E-state index contributed by atoms with van der Waals surface area (Å²) in [6, 6.07) is 2.78. The standard InChI is InChI=1S/C11H10FN5O3/c1-2-9-14-10(16-15-9)11(18)13-7-5-6(12)3-4-8(7)17(19)20/h3-5H,2H2,1H3,(H,13,18)(H,14,15,16). The van der Waals surface area contributed by atoms with Gasteiger partial charge in [0.1, 0.15) is 17.3 Å². The Labute approximate surface area is 112 Å². The van der Waals surface area contributed by atoms with E-state index in [4.69, 9.17) is 0 Å². The van der Waals surface area contributed by atoms with Gasteiger partial charge in [-0.15, -0.1) is 5.10 Å². The molecule has 8 nitrogen and oxygen atoms in total. The number of amides is 1. The van der Waals surface area contributed by atoms with Crippen molar-refractivity contribution in [3.05, 3.63) is 45.8 Å². The molecule has 0 spiro atoms. The molecule has 0 atom stereocenters. The van der Waals surface area contributed by atoms with Crippen molar-refractivity contribution in [3.8, 4) is 0 Å². The smallest absolute Gasteiger partial charge is 0.295 e. The van der Waals surface area contributed by atoms with E-state index < -0.39 is 22.3 Å². The molecule has 1 aromatic heterocycles. The van der Waals surface area contributed by atoms with Gasteiger partial charge in [0.05, 0.1) is 4.92 Å². The van der Waals surface area contributed by atoms with Gasteiger partial charge in [-0.3, -0.25) is 20.0 Å². The first-order valence-corrected chi connectivity index (χ1v) is 5.67. The minimum Gasteiger partial charge on any atom is -0.313 e. The average Bonchev–Trinajstić information content (AvgIpc) is 2.87. The molecule has 1 heterocycles. The highest BCUT2D eigenvalue weighted by atomic mass is 19.1. The van der Waals surface area contributed by atoms with Crippen LogP contribution in [-0.4, -0.2) is 26.0 Å². The second-order valence-electron chi connectivity index (χ2n) is 3.83. The van der Waals surface area contributed by atoms with Crippen LogP contribution >= 0.6 is 0 Å². The van der Waals surface area contributed by atoms with Gasteiger partial charge in [-0.25, -0.2) is 9.37 Å². The largest absolute Gasteiger partial charge is 0.313 e. The zero-order chi connectivity index (χ0) is 14.7. The summed E-state index contributed by atoms with van der Waals surface area (Å²) in [5, 5.41) is 19.2. The number of halogens is 1. The third-order valence-electron chi connectivity index (χ3n) is 2.47. The minimum atomic E-state index is -0.755. The highest BCUT2D eigenvalue weighted by Gasteiger charge is 2.19. The Morgan fingerprint density at radius 3 is 2.90 bits per heavy atom. The fraction of sp³-hybridized carbons (Fsp3) is 0.182. The predicted molar refractivity (Wildman–Crippen MR) is 66.8 cm³/mol. The lowest BCUT2D eigenvalue weighted by Gasteiger charge is -2.03. The highest BCUT2D eigenvalue weighted by Crippen LogP contribution is 2.25. The molecule has 0 aliphatic rings. The Morgan fingerprint density at radius 2 is 2.30 bits per heavy atom. The van der Waals surface area contributed by atoms with Crippen LogP contribution in [0.25, 0.3) is 0 Å². The summed E-state index contributed by atoms with van der Waals surface area (Å²) < 4.78 is 13.1. The first-order chi connectivity index (χ1) is 9.51. The van der Waals surface area contributed by atoms with Crippen LogP contribution in [0.3, 0.4) is 0 Å². The van der Waals surface area contributed by atoms with Gasteiger partial charge in [0.25, 0.3) is 11.6 Å². The number of carbonyl (C=O) groups is 1. The molecule has 0 fully saturated rings. The molecule has 0 aliphatic carbocycles. The number of aromatic nitrogens is 3. The van der Waals surface area contributed by atoms with Crippen LogP contribution in [0.2, 0.25) is 0 Å². The zero-order valence-electron chi connectivity index (χ0n) is 10.4. The van der Waals surface area contributed by atoms with Crippen molar-refractivity contribution < 1.29 is 14.1 Å². The molecule has 0 unspecified atom stereocenters. The molecule has 2 rings (SSSR count). The van der Waals surface area contributed by atoms with Gasteiger partial charge in [-0.2, -0.15) is 0 Å². The van der Waals surface area contributed by atoms with Crippen LogP contribution in [0.1, 0.15) is 23.4 Å². The second kappa shape index (κ2) is 5.43. The Hall–Kier alpha value is -2.84. The highest BCUT2D eigenvalue weighted by molar-refractivity contribution is 6.02. The third-order valence-corrected chi connectivity index (χ3v) is 2.47. The number of rotatable bonds is 4. The molecule has 2 N–H and O–H groups in total. The predicted octanol–water partition coefficient (Wildman–Crippen LogP) is 1.67. The van der Waals surface area contributed by atoms with E-state index in [0.717, 1.165) is 18.2 Å². The maximum Gasteiger partial charge on any atom is 0.295 e. The van der Waals surface area contributed by atoms with Gasteiger partial charge in [-0.1, -0.05) is 6.92 Å². The monoisotopic (exact) mass is 279 g/mol. The Bertz CT molecular complexity index is 670. The lowest BCUT2D eigenvalue weighted by atomic mass is 10.2. The van der Waals surface area contributed by atoms with Crippen molar-refractivity contribution in [1.82, 2.24) is 15.2 Å². The minimum absolute atomic E-state index is 0.166. The number of nitrogens with zero attached hydrogens (tertiary/aromatic N) is 3. The van der Waals surface area contributed by atoms with Gasteiger partial charge >= 0.3 is 0 Å². The number of aromatic amines is 1. The number of aryl methyl sites for hydroxylation is 1. The van der Waals surface area contributed by atoms with Crippen LogP contribution in [0.4, 0.5) is 15.8 Å². The summed E-state index contributed by atoms with van der Waals surface area (Å²) in [4.78, 5) is 25.8. The van der Waals surface area contributed by atoms with Crippen molar-refractivity contribution in [1.29, 1.82) is 0 Å². The van der Waals surface area contributed by atoms with Crippen molar-refractivity contribution in [2.45, 2.75) is 13.3 Å². The third kappa shape index (κ3) is 2.76. The summed E-state index contributed by atoms with van der Waals surface area (Å²) in [7, 11) is 0. The van der Waals surface area contributed by atoms with Crippen molar-refractivity contribution >= 4 is 17.3 Å². The molecule has 104 valence electrons. The number of nitrogens with one attached hydrogen (secondary N) is 2. The molecule has 9 heteroatoms. The number of benzene rings is 1. The Kier molecular flexibility index (Phi) is 3.69. The number of hydrogen-bond donors (Lipinski definition) is 2. The van der Waals surface area contributed by atoms with Crippen LogP contribution < -0.4 is 5.32 Å². The number of nitro benzene ring substituents is 1. The average molecular weight is 279 g/mol. The molecule has 0 bridgehead atoms. The molecular weight excluding hydrogens is 269 g/mol. The van der Waals surface area contributed by atoms with Crippen molar-refractivity contribution in [2.75, 3.05) is 5.32 Å². The van der Waals surface area contributed by atoms with Crippen LogP contribution in [-0.2, 0) is 6.42 Å². The van der Waals surface area contributed by atoms with E-state index >= 15 is 0 Å². The number of H-pyrrole nitrogens is 1. The fourth-order valence-corrected chi connectivity index (χ4v) is 1.50. The molecule has 0 aliphatic heterocycles. The number of anilines is 1. The molecule has 2 aromatic rings. The summed E-state index contributed by atoms with van der Waals surface area (Å²) >= 11 is 0. The molecular formula is C11H10FN5O3. The van der Waals surface area contributed by atoms with Gasteiger partial charge in [0.2, 0.25) is 5.82 Å². The van der Waals surface area contributed by atoms with Crippen LogP contribution in [0.5, 0.6) is 0 Å². The van der Waals surface area contributed by atoms with Crippen LogP contribution in [0, 0.1) is 15.9 Å². The first-order valence-electron chi connectivity index (χ1n) is 5.67. The Morgan fingerprint density at radius 1 is 1.55 bits per heavy atom. The summed E-state index contributed by atoms with van der Waals surface area (Å²) in [5.41, 5.74) is -0.658. The molecule has 0 saturated heterocycles. The van der Waals surface area contributed by atoms with Gasteiger partial charge in [0.15, 0.2) is 0 Å². The normalized spacial score (nSPS) is 10.3. The summed E-state index contributed by atoms with van der Waals surface area (Å²) in [5.74, 6) is -1.12. The Balaban J connectivity index is 2.27. The molecule has 0 saturated carbocycles. The zero-order valence-corrected chi connectivity index (χ0v) is 10.4. The van der Waals surface area contributed by atoms with E-state index in [2.05, 4.69) is 20.5 Å². The van der Waals surface area contributed by atoms with Crippen LogP contribution in [0.15, 0.2) is 18.2 Å². The molecule has 1 aromatic carbocycles. The van der Waals surface area contributed by atoms with Gasteiger partial charge < -0.3 is 5.32 Å². The van der Waals surface area contributed by atoms with E-state index in [1.165, 1.54) is 0 Å². The molecule has 20 heavy (non-hydrogen) atoms. The molecule has 1 amide bonds. The fourth-order valence-electron chi connectivity index (χ4n) is 1.50. The number of nitro groups is 1. The summed E-state index contributed by atoms with van der Waals surface area (Å²) in [6.07, 6.45) is 0.556. The van der Waals surface area contributed by atoms with Crippen molar-refractivity contribution in [3.63, 3.8) is 0 Å². The second-order valence-corrected chi connectivity index (χ2v) is 3.83. The van der Waals surface area contributed by atoms with E-state index in [-0.39, 0.29) is 11.5 Å². The van der Waals surface area contributed by atoms with E-state index in [0.29, 0.717) is 12.2 Å². The van der Waals surface area contributed by atoms with E-state index in [1.54, 1.807) is 0 Å². The maximum atomic E-state index is 13.1. The van der Waals surface area contributed by atoms with Gasteiger partial charge in [0, 0.05) is 18.6 Å². The first kappa shape index (κ1) is 13.6. The van der Waals surface area contributed by atoms with E-state index in [9.17, 15) is 19.3 Å². The number of carbonyl (C=O) groups excluding carboxylic acids is 1. The van der Waals surface area contributed by atoms with Crippen molar-refractivity contribution in [2.24, 2.45) is 0 Å². The summed E-state index contributed by atoms with van der Waals surface area (Å²) in [6.45, 7) is 1.82. The number of hydrogen-bond acceptors (Lipinski definition) is 5. The molecule has 0 radical (unpaired) electrons. The SMILES string of the molecule is CCc1nc(C(=O)Nc2cc(F)ccc2[N+](=O)[O-])n[nH]1. The quantitative estimate of drug-likeness (QED) is 0.652. The topological polar surface area (TPSA) is 114 Å². The van der Waals surface area contributed by atoms with E-state index in [1.807, 2.05) is 6.92 Å². The maximum absolute atomic E-state index is 13.1. The lowest BCUT2D eigenvalue weighted by Crippen LogP contribution is -2.15.